The number of carbonyl (C=O) groups excluding carboxylic acids is 1. The van der Waals surface area contributed by atoms with Gasteiger partial charge >= 0.3 is 0 Å². The molecule has 3 nitrogen and oxygen atoms in total. The first kappa shape index (κ1) is 12.9. The molecule has 0 aliphatic heterocycles. The van der Waals surface area contributed by atoms with Crippen molar-refractivity contribution in [2.45, 2.75) is 39.2 Å². The number of rotatable bonds is 2. The van der Waals surface area contributed by atoms with E-state index in [1.54, 1.807) is 12.1 Å². The van der Waals surface area contributed by atoms with Crippen LogP contribution in [0.1, 0.15) is 43.5 Å². The Bertz CT molecular complexity index is 430. The number of hydrogen-bond donors (Lipinski definition) is 2. The molecular formula is C15H22N2O. The van der Waals surface area contributed by atoms with E-state index in [2.05, 4.69) is 19.2 Å². The van der Waals surface area contributed by atoms with Gasteiger partial charge in [-0.1, -0.05) is 26.0 Å². The number of nitrogens with one attached hydrogen (secondary N) is 1. The van der Waals surface area contributed by atoms with Gasteiger partial charge in [-0.15, -0.1) is 0 Å². The van der Waals surface area contributed by atoms with Gasteiger partial charge in [-0.25, -0.2) is 0 Å². The normalized spacial score (nSPS) is 27.8. The van der Waals surface area contributed by atoms with Gasteiger partial charge in [-0.05, 0) is 43.2 Å². The van der Waals surface area contributed by atoms with E-state index in [4.69, 9.17) is 5.73 Å². The Morgan fingerprint density at radius 2 is 2.00 bits per heavy atom. The fourth-order valence-corrected chi connectivity index (χ4v) is 2.83. The van der Waals surface area contributed by atoms with Crippen LogP contribution in [0.5, 0.6) is 0 Å². The fraction of sp³-hybridized carbons (Fsp3) is 0.533. The zero-order chi connectivity index (χ0) is 13.1. The highest BCUT2D eigenvalue weighted by Crippen LogP contribution is 2.28. The smallest absolute Gasteiger partial charge is 0.253 e. The first-order valence-corrected chi connectivity index (χ1v) is 6.73. The van der Waals surface area contributed by atoms with E-state index in [1.807, 2.05) is 12.1 Å². The quantitative estimate of drug-likeness (QED) is 0.788. The van der Waals surface area contributed by atoms with Crippen molar-refractivity contribution in [1.82, 2.24) is 5.32 Å². The average molecular weight is 246 g/mol. The average Bonchev–Trinajstić information content (AvgIpc) is 2.33. The number of para-hydroxylation sites is 1. The number of amides is 1. The predicted molar refractivity (Wildman–Crippen MR) is 74.3 cm³/mol. The van der Waals surface area contributed by atoms with Crippen LogP contribution in [0.4, 0.5) is 5.69 Å². The van der Waals surface area contributed by atoms with Gasteiger partial charge in [-0.2, -0.15) is 0 Å². The molecule has 3 heteroatoms. The molecule has 18 heavy (non-hydrogen) atoms. The summed E-state index contributed by atoms with van der Waals surface area (Å²) in [6, 6.07) is 7.52. The highest BCUT2D eigenvalue weighted by molar-refractivity contribution is 5.99. The second kappa shape index (κ2) is 5.42. The van der Waals surface area contributed by atoms with Gasteiger partial charge in [0, 0.05) is 11.7 Å². The van der Waals surface area contributed by atoms with Crippen LogP contribution < -0.4 is 11.1 Å². The summed E-state index contributed by atoms with van der Waals surface area (Å²) in [6.45, 7) is 4.50. The standard InChI is InChI=1S/C15H22N2O/c1-10-7-8-14(11(2)9-10)17-15(18)12-5-3-4-6-13(12)16/h3-6,10-11,14H,7-9,16H2,1-2H3,(H,17,18). The zero-order valence-electron chi connectivity index (χ0n) is 11.1. The molecule has 0 spiro atoms. The minimum Gasteiger partial charge on any atom is -0.398 e. The summed E-state index contributed by atoms with van der Waals surface area (Å²) in [5, 5.41) is 3.13. The van der Waals surface area contributed by atoms with Crippen molar-refractivity contribution in [3.05, 3.63) is 29.8 Å². The van der Waals surface area contributed by atoms with Crippen LogP contribution >= 0.6 is 0 Å². The molecule has 1 aromatic rings. The molecule has 0 heterocycles. The maximum absolute atomic E-state index is 12.2. The van der Waals surface area contributed by atoms with Crippen molar-refractivity contribution in [3.63, 3.8) is 0 Å². The van der Waals surface area contributed by atoms with Crippen LogP contribution in [0.3, 0.4) is 0 Å². The lowest BCUT2D eigenvalue weighted by molar-refractivity contribution is 0.0900. The van der Waals surface area contributed by atoms with Crippen LogP contribution in [-0.2, 0) is 0 Å². The molecule has 1 aliphatic carbocycles. The third-order valence-corrected chi connectivity index (χ3v) is 3.95. The lowest BCUT2D eigenvalue weighted by Crippen LogP contribution is -2.42. The van der Waals surface area contributed by atoms with Gasteiger partial charge in [0.15, 0.2) is 0 Å². The van der Waals surface area contributed by atoms with E-state index in [0.29, 0.717) is 17.2 Å². The second-order valence-electron chi connectivity index (χ2n) is 5.56. The van der Waals surface area contributed by atoms with Crippen LogP contribution in [-0.4, -0.2) is 11.9 Å². The minimum absolute atomic E-state index is 0.0421. The lowest BCUT2D eigenvalue weighted by Gasteiger charge is -2.33. The highest BCUT2D eigenvalue weighted by Gasteiger charge is 2.27. The molecule has 3 unspecified atom stereocenters. The molecule has 0 radical (unpaired) electrons. The minimum atomic E-state index is -0.0421. The third kappa shape index (κ3) is 2.84. The van der Waals surface area contributed by atoms with Gasteiger partial charge in [0.1, 0.15) is 0 Å². The fourth-order valence-electron chi connectivity index (χ4n) is 2.83. The van der Waals surface area contributed by atoms with Crippen molar-refractivity contribution in [2.75, 3.05) is 5.73 Å². The Kier molecular flexibility index (Phi) is 3.90. The Labute approximate surface area is 109 Å². The van der Waals surface area contributed by atoms with E-state index in [1.165, 1.54) is 12.8 Å². The van der Waals surface area contributed by atoms with E-state index in [9.17, 15) is 4.79 Å². The summed E-state index contributed by atoms with van der Waals surface area (Å²) < 4.78 is 0. The molecule has 3 N–H and O–H groups in total. The molecule has 3 atom stereocenters. The van der Waals surface area contributed by atoms with Crippen LogP contribution in [0.25, 0.3) is 0 Å². The highest BCUT2D eigenvalue weighted by atomic mass is 16.1. The number of benzene rings is 1. The van der Waals surface area contributed by atoms with Gasteiger partial charge < -0.3 is 11.1 Å². The van der Waals surface area contributed by atoms with Crippen molar-refractivity contribution in [2.24, 2.45) is 11.8 Å². The monoisotopic (exact) mass is 246 g/mol. The summed E-state index contributed by atoms with van der Waals surface area (Å²) in [5.41, 5.74) is 6.96. The van der Waals surface area contributed by atoms with Gasteiger partial charge in [-0.3, -0.25) is 4.79 Å². The van der Waals surface area contributed by atoms with E-state index in [-0.39, 0.29) is 11.9 Å². The third-order valence-electron chi connectivity index (χ3n) is 3.95. The van der Waals surface area contributed by atoms with Gasteiger partial charge in [0.25, 0.3) is 5.91 Å². The molecule has 0 saturated heterocycles. The first-order valence-electron chi connectivity index (χ1n) is 6.73. The number of carbonyl (C=O) groups is 1. The predicted octanol–water partition coefficient (Wildman–Crippen LogP) is 2.82. The maximum Gasteiger partial charge on any atom is 0.253 e. The van der Waals surface area contributed by atoms with Crippen molar-refractivity contribution < 1.29 is 4.79 Å². The van der Waals surface area contributed by atoms with Crippen molar-refractivity contribution >= 4 is 11.6 Å². The molecule has 1 aromatic carbocycles. The number of hydrogen-bond acceptors (Lipinski definition) is 2. The molecule has 0 bridgehead atoms. The molecule has 1 saturated carbocycles. The molecule has 1 aliphatic rings. The molecule has 1 fully saturated rings. The van der Waals surface area contributed by atoms with E-state index < -0.39 is 0 Å². The Balaban J connectivity index is 2.02. The Morgan fingerprint density at radius 1 is 1.28 bits per heavy atom. The second-order valence-corrected chi connectivity index (χ2v) is 5.56. The van der Waals surface area contributed by atoms with Crippen molar-refractivity contribution in [3.8, 4) is 0 Å². The van der Waals surface area contributed by atoms with Crippen LogP contribution in [0, 0.1) is 11.8 Å². The summed E-state index contributed by atoms with van der Waals surface area (Å²) in [6.07, 6.45) is 3.45. The summed E-state index contributed by atoms with van der Waals surface area (Å²) in [7, 11) is 0. The van der Waals surface area contributed by atoms with Gasteiger partial charge in [0.05, 0.1) is 5.56 Å². The molecule has 0 aromatic heterocycles. The van der Waals surface area contributed by atoms with Crippen LogP contribution in [0.15, 0.2) is 24.3 Å². The SMILES string of the molecule is CC1CCC(NC(=O)c2ccccc2N)C(C)C1. The molecule has 2 rings (SSSR count). The van der Waals surface area contributed by atoms with Gasteiger partial charge in [0.2, 0.25) is 0 Å². The first-order chi connectivity index (χ1) is 8.58. The zero-order valence-corrected chi connectivity index (χ0v) is 11.1. The largest absolute Gasteiger partial charge is 0.398 e. The molecular weight excluding hydrogens is 224 g/mol. The topological polar surface area (TPSA) is 55.1 Å². The molecule has 98 valence electrons. The Hall–Kier alpha value is -1.51. The summed E-state index contributed by atoms with van der Waals surface area (Å²) in [4.78, 5) is 12.2. The van der Waals surface area contributed by atoms with Crippen molar-refractivity contribution in [1.29, 1.82) is 0 Å². The number of nitrogen functional groups attached to an aromatic ring is 1. The van der Waals surface area contributed by atoms with E-state index in [0.717, 1.165) is 12.3 Å². The van der Waals surface area contributed by atoms with E-state index >= 15 is 0 Å². The number of nitrogens with two attached hydrogens (primary N) is 1. The lowest BCUT2D eigenvalue weighted by atomic mass is 9.80. The maximum atomic E-state index is 12.2. The number of anilines is 1. The summed E-state index contributed by atoms with van der Waals surface area (Å²) >= 11 is 0. The Morgan fingerprint density at radius 3 is 2.67 bits per heavy atom. The molecule has 1 amide bonds. The van der Waals surface area contributed by atoms with Crippen LogP contribution in [0.2, 0.25) is 0 Å². The summed E-state index contributed by atoms with van der Waals surface area (Å²) in [5.74, 6) is 1.28.